The van der Waals surface area contributed by atoms with E-state index < -0.39 is 8.32 Å². The van der Waals surface area contributed by atoms with Gasteiger partial charge in [-0.1, -0.05) is 50.6 Å². The number of nitrogens with zero attached hydrogens (tertiary/aromatic N) is 5. The first-order chi connectivity index (χ1) is 21.3. The van der Waals surface area contributed by atoms with Crippen LogP contribution >= 0.6 is 11.6 Å². The van der Waals surface area contributed by atoms with Crippen molar-refractivity contribution in [2.24, 2.45) is 7.05 Å². The first-order valence-corrected chi connectivity index (χ1v) is 18.8. The van der Waals surface area contributed by atoms with Crippen LogP contribution in [0.1, 0.15) is 45.6 Å². The predicted molar refractivity (Wildman–Crippen MR) is 181 cm³/mol. The van der Waals surface area contributed by atoms with E-state index in [0.29, 0.717) is 39.4 Å². The topological polar surface area (TPSA) is 69.2 Å². The Morgan fingerprint density at radius 1 is 1.07 bits per heavy atom. The van der Waals surface area contributed by atoms with Gasteiger partial charge in [-0.05, 0) is 97.5 Å². The molecule has 0 radical (unpaired) electrons. The monoisotopic (exact) mass is 645 g/mol. The van der Waals surface area contributed by atoms with E-state index in [2.05, 4.69) is 62.1 Å². The number of hydrogen-bond donors (Lipinski definition) is 0. The van der Waals surface area contributed by atoms with Crippen LogP contribution in [0.15, 0.2) is 65.3 Å². The Labute approximate surface area is 270 Å². The van der Waals surface area contributed by atoms with Crippen LogP contribution in [0, 0.1) is 5.82 Å². The molecule has 1 saturated carbocycles. The molecule has 236 valence electrons. The van der Waals surface area contributed by atoms with Crippen LogP contribution in [0.5, 0.6) is 0 Å². The fourth-order valence-corrected chi connectivity index (χ4v) is 7.73. The molecule has 5 aromatic rings. The van der Waals surface area contributed by atoms with E-state index in [1.165, 1.54) is 18.6 Å². The molecule has 6 rings (SSSR count). The molecule has 45 heavy (non-hydrogen) atoms. The average molecular weight is 646 g/mol. The van der Waals surface area contributed by atoms with Crippen LogP contribution in [-0.2, 0) is 18.0 Å². The zero-order valence-corrected chi connectivity index (χ0v) is 28.8. The van der Waals surface area contributed by atoms with Crippen molar-refractivity contribution in [2.75, 3.05) is 7.05 Å². The van der Waals surface area contributed by atoms with Crippen LogP contribution < -0.4 is 0 Å². The zero-order chi connectivity index (χ0) is 32.1. The van der Waals surface area contributed by atoms with E-state index in [4.69, 9.17) is 25.4 Å². The summed E-state index contributed by atoms with van der Waals surface area (Å²) >= 11 is 6.78. The van der Waals surface area contributed by atoms with Gasteiger partial charge in [-0.25, -0.2) is 9.37 Å². The Bertz CT molecular complexity index is 1850. The molecule has 1 fully saturated rings. The Kier molecular flexibility index (Phi) is 8.49. The molecule has 1 aliphatic carbocycles. The molecule has 0 amide bonds. The third-order valence-electron chi connectivity index (χ3n) is 9.53. The van der Waals surface area contributed by atoms with Crippen molar-refractivity contribution in [3.63, 3.8) is 0 Å². The van der Waals surface area contributed by atoms with Crippen molar-refractivity contribution in [3.8, 4) is 34.0 Å². The van der Waals surface area contributed by atoms with Crippen LogP contribution in [0.3, 0.4) is 0 Å². The zero-order valence-electron chi connectivity index (χ0n) is 27.1. The van der Waals surface area contributed by atoms with Crippen LogP contribution in [-0.4, -0.2) is 52.2 Å². The van der Waals surface area contributed by atoms with Gasteiger partial charge in [0.15, 0.2) is 19.7 Å². The Hall–Kier alpha value is -3.37. The predicted octanol–water partition coefficient (Wildman–Crippen LogP) is 9.12. The Morgan fingerprint density at radius 3 is 2.58 bits per heavy atom. The van der Waals surface area contributed by atoms with Crippen molar-refractivity contribution in [3.05, 3.63) is 77.3 Å². The first-order valence-electron chi connectivity index (χ1n) is 15.5. The number of rotatable bonds is 8. The minimum absolute atomic E-state index is 0.180. The van der Waals surface area contributed by atoms with Crippen molar-refractivity contribution < 1.29 is 13.2 Å². The molecule has 2 heterocycles. The molecule has 0 bridgehead atoms. The normalized spacial score (nSPS) is 17.6. The highest BCUT2D eigenvalue weighted by molar-refractivity contribution is 6.74. The number of aromatic nitrogens is 4. The highest BCUT2D eigenvalue weighted by atomic mass is 35.5. The number of hydrogen-bond acceptors (Lipinski definition) is 6. The second-order valence-electron chi connectivity index (χ2n) is 13.8. The quantitative estimate of drug-likeness (QED) is 0.157. The molecule has 1 aliphatic rings. The minimum Gasteiger partial charge on any atom is -0.435 e. The summed E-state index contributed by atoms with van der Waals surface area (Å²) in [6, 6.07) is 17.0. The van der Waals surface area contributed by atoms with E-state index in [-0.39, 0.29) is 17.0 Å². The molecule has 10 heteroatoms. The molecular weight excluding hydrogens is 605 g/mol. The highest BCUT2D eigenvalue weighted by Gasteiger charge is 2.42. The third-order valence-corrected chi connectivity index (χ3v) is 14.3. The number of fused-ring (bicyclic) bond motifs is 1. The molecule has 0 spiro atoms. The summed E-state index contributed by atoms with van der Waals surface area (Å²) in [6.07, 6.45) is 5.26. The van der Waals surface area contributed by atoms with Gasteiger partial charge in [-0.15, -0.1) is 10.2 Å². The van der Waals surface area contributed by atoms with Gasteiger partial charge in [0.2, 0.25) is 5.89 Å². The van der Waals surface area contributed by atoms with E-state index in [1.807, 2.05) is 37.4 Å². The van der Waals surface area contributed by atoms with E-state index in [9.17, 15) is 4.39 Å². The second-order valence-corrected chi connectivity index (χ2v) is 19.0. The second kappa shape index (κ2) is 12.1. The maximum absolute atomic E-state index is 14.3. The highest BCUT2D eigenvalue weighted by Crippen LogP contribution is 2.41. The summed E-state index contributed by atoms with van der Waals surface area (Å²) in [4.78, 5) is 7.27. The van der Waals surface area contributed by atoms with Crippen molar-refractivity contribution in [1.82, 2.24) is 24.6 Å². The van der Waals surface area contributed by atoms with E-state index in [0.717, 1.165) is 41.6 Å². The lowest BCUT2D eigenvalue weighted by molar-refractivity contribution is 0.0898. The summed E-state index contributed by atoms with van der Waals surface area (Å²) in [5.74, 6) is 0.714. The van der Waals surface area contributed by atoms with Gasteiger partial charge in [-0.3, -0.25) is 4.90 Å². The van der Waals surface area contributed by atoms with Gasteiger partial charge >= 0.3 is 0 Å². The van der Waals surface area contributed by atoms with Crippen molar-refractivity contribution in [1.29, 1.82) is 0 Å². The fourth-order valence-electron chi connectivity index (χ4n) is 6.07. The summed E-state index contributed by atoms with van der Waals surface area (Å²) in [6.45, 7) is 12.3. The largest absolute Gasteiger partial charge is 0.435 e. The molecule has 3 aromatic carbocycles. The Balaban J connectivity index is 1.26. The van der Waals surface area contributed by atoms with Gasteiger partial charge < -0.3 is 13.4 Å². The number of oxazole rings is 1. The molecule has 2 atom stereocenters. The Morgan fingerprint density at radius 2 is 1.84 bits per heavy atom. The average Bonchev–Trinajstić information content (AvgIpc) is 3.72. The minimum atomic E-state index is -1.87. The first kappa shape index (κ1) is 31.6. The lowest BCUT2D eigenvalue weighted by atomic mass is 9.97. The van der Waals surface area contributed by atoms with Gasteiger partial charge in [-0.2, -0.15) is 0 Å². The molecule has 0 saturated heterocycles. The maximum Gasteiger partial charge on any atom is 0.227 e. The number of halogens is 2. The third kappa shape index (κ3) is 6.36. The molecule has 0 unspecified atom stereocenters. The molecule has 0 aliphatic heterocycles. The standard InChI is InChI=1S/C35H41ClFN5O2Si/c1-35(2,3)45(6,7)44-31-13-9-12-30(31)41(4)20-22-16-28(36)32-29(17-22)39-34(43-32)24-11-8-10-23(18-24)26-15-14-25(37)19-27(26)33-40-38-21-42(33)5/h8,10-11,14-19,21,30-31H,9,12-13,20H2,1-7H3/t30-,31+/m1/s1. The lowest BCUT2D eigenvalue weighted by Crippen LogP contribution is -2.48. The molecule has 0 N–H and O–H groups in total. The summed E-state index contributed by atoms with van der Waals surface area (Å²) in [7, 11) is 2.15. The summed E-state index contributed by atoms with van der Waals surface area (Å²) < 4.78 is 29.2. The number of aryl methyl sites for hydroxylation is 1. The van der Waals surface area contributed by atoms with Crippen molar-refractivity contribution >= 4 is 31.0 Å². The van der Waals surface area contributed by atoms with Gasteiger partial charge in [0, 0.05) is 30.8 Å². The SMILES string of the molecule is CN(Cc1cc(Cl)c2oc(-c3cccc(-c4ccc(F)cc4-c4nncn4C)c3)nc2c1)[C@@H]1CCC[C@@H]1O[Si](C)(C)C(C)(C)C. The maximum atomic E-state index is 14.3. The van der Waals surface area contributed by atoms with Crippen LogP contribution in [0.4, 0.5) is 4.39 Å². The molecule has 2 aromatic heterocycles. The smallest absolute Gasteiger partial charge is 0.227 e. The lowest BCUT2D eigenvalue weighted by Gasteiger charge is -2.41. The number of likely N-dealkylation sites (N-methyl/N-ethyl adjacent to an activating group) is 1. The molecular formula is C35H41ClFN5O2Si. The number of benzene rings is 3. The van der Waals surface area contributed by atoms with Gasteiger partial charge in [0.1, 0.15) is 17.7 Å². The van der Waals surface area contributed by atoms with Crippen LogP contribution in [0.2, 0.25) is 23.2 Å². The van der Waals surface area contributed by atoms with Gasteiger partial charge in [0.25, 0.3) is 0 Å². The van der Waals surface area contributed by atoms with Crippen LogP contribution in [0.25, 0.3) is 45.1 Å². The fraction of sp³-hybridized carbons (Fsp3) is 0.400. The van der Waals surface area contributed by atoms with E-state index in [1.54, 1.807) is 17.0 Å². The van der Waals surface area contributed by atoms with E-state index >= 15 is 0 Å². The molecule has 7 nitrogen and oxygen atoms in total. The van der Waals surface area contributed by atoms with Gasteiger partial charge in [0.05, 0.1) is 11.1 Å². The summed E-state index contributed by atoms with van der Waals surface area (Å²) in [5, 5.41) is 8.90. The van der Waals surface area contributed by atoms with Crippen molar-refractivity contribution in [2.45, 2.75) is 76.9 Å². The summed E-state index contributed by atoms with van der Waals surface area (Å²) in [5.41, 5.74) is 5.52.